The summed E-state index contributed by atoms with van der Waals surface area (Å²) in [5.74, 6) is -2.31. The van der Waals surface area contributed by atoms with Gasteiger partial charge in [0.05, 0.1) is 20.8 Å². The van der Waals surface area contributed by atoms with E-state index in [-0.39, 0.29) is 72.1 Å². The van der Waals surface area contributed by atoms with Crippen LogP contribution in [0.5, 0.6) is 6.01 Å². The summed E-state index contributed by atoms with van der Waals surface area (Å²) in [5.41, 5.74) is -1.72. The molecule has 17 heteroatoms. The number of hydrogen-bond acceptors (Lipinski definition) is 11. The molecule has 3 aliphatic heterocycles. The van der Waals surface area contributed by atoms with Gasteiger partial charge in [-0.3, -0.25) is 24.7 Å². The number of fused-ring (bicyclic) bond motifs is 3. The van der Waals surface area contributed by atoms with E-state index in [4.69, 9.17) is 26.1 Å². The van der Waals surface area contributed by atoms with E-state index in [2.05, 4.69) is 15.2 Å². The lowest BCUT2D eigenvalue weighted by Gasteiger charge is -2.31. The summed E-state index contributed by atoms with van der Waals surface area (Å²) < 4.78 is 59.1. The van der Waals surface area contributed by atoms with Gasteiger partial charge in [0.2, 0.25) is 11.8 Å². The molecular weight excluding hydrogens is 783 g/mol. The highest BCUT2D eigenvalue weighted by Crippen LogP contribution is 2.47. The minimum absolute atomic E-state index is 0.00902. The lowest BCUT2D eigenvalue weighted by molar-refractivity contribution is -0.144. The Labute approximate surface area is 336 Å². The second-order valence-electron chi connectivity index (χ2n) is 16.0. The second-order valence-corrected chi connectivity index (χ2v) is 17.4. The third kappa shape index (κ3) is 7.81. The fourth-order valence-corrected chi connectivity index (χ4v) is 9.68. The molecule has 57 heavy (non-hydrogen) atoms. The van der Waals surface area contributed by atoms with E-state index in [9.17, 15) is 24.0 Å². The molecule has 0 aliphatic carbocycles. The molecule has 2 aromatic heterocycles. The number of rotatable bonds is 7. The Hall–Kier alpha value is -4.72. The van der Waals surface area contributed by atoms with E-state index >= 15 is 8.78 Å². The minimum Gasteiger partial charge on any atom is -0.461 e. The molecule has 4 aromatic rings. The fraction of sp³-hybridized carbons (Fsp3) is 0.500. The van der Waals surface area contributed by atoms with Crippen LogP contribution in [0.4, 0.5) is 28.8 Å². The maximum Gasteiger partial charge on any atom is 0.412 e. The molecule has 2 aromatic carbocycles. The standard InChI is InChI=1S/C40H43ClF3N7O5S/c1-21(52)49(5)36(53)22-8-6-13-50(15-11-22)34-25-16-27(41)30(31(44)32(25)46-37(47-34)55-20-40-12-7-14-51(40)19-23(42)17-40)24-9-10-28(43)33-29(24)26(18-45)35(57-33)48-38(54)56-39(2,3)4/h9-10,16,22-23H,6-8,11-15,17,19-20H2,1-5H3,(H,48,54)/t22?,23-,40+/m1/s1. The Kier molecular flexibility index (Phi) is 11.0. The summed E-state index contributed by atoms with van der Waals surface area (Å²) in [6.07, 6.45) is 1.54. The van der Waals surface area contributed by atoms with Crippen molar-refractivity contribution in [3.05, 3.63) is 40.4 Å². The average Bonchev–Trinajstić information content (AvgIpc) is 3.72. The molecule has 0 saturated carbocycles. The number of carbonyl (C=O) groups is 3. The van der Waals surface area contributed by atoms with Crippen LogP contribution in [0.1, 0.15) is 71.8 Å². The largest absolute Gasteiger partial charge is 0.461 e. The molecule has 1 N–H and O–H groups in total. The first-order valence-corrected chi connectivity index (χ1v) is 20.1. The smallest absolute Gasteiger partial charge is 0.412 e. The number of halogens is 4. The number of imide groups is 1. The number of ether oxygens (including phenoxy) is 2. The number of nitrogens with one attached hydrogen (secondary N) is 1. The Balaban J connectivity index is 1.34. The van der Waals surface area contributed by atoms with Gasteiger partial charge in [-0.1, -0.05) is 17.7 Å². The van der Waals surface area contributed by atoms with Crippen LogP contribution in [-0.4, -0.2) is 94.8 Å². The fourth-order valence-electron chi connectivity index (χ4n) is 8.32. The number of amides is 3. The van der Waals surface area contributed by atoms with Crippen LogP contribution in [0, 0.1) is 28.9 Å². The third-order valence-electron chi connectivity index (χ3n) is 11.0. The molecule has 3 amide bonds. The lowest BCUT2D eigenvalue weighted by atomic mass is 9.95. The summed E-state index contributed by atoms with van der Waals surface area (Å²) in [5, 5.41) is 13.1. The first-order valence-electron chi connectivity index (χ1n) is 18.9. The predicted molar refractivity (Wildman–Crippen MR) is 211 cm³/mol. The maximum absolute atomic E-state index is 17.4. The Morgan fingerprint density at radius 1 is 1.16 bits per heavy atom. The molecule has 0 radical (unpaired) electrons. The zero-order valence-electron chi connectivity index (χ0n) is 32.3. The van der Waals surface area contributed by atoms with E-state index in [1.807, 2.05) is 11.0 Å². The Morgan fingerprint density at radius 3 is 2.65 bits per heavy atom. The van der Waals surface area contributed by atoms with Crippen molar-refractivity contribution in [3.63, 3.8) is 0 Å². The average molecular weight is 826 g/mol. The van der Waals surface area contributed by atoms with Crippen molar-refractivity contribution in [1.82, 2.24) is 19.8 Å². The van der Waals surface area contributed by atoms with Crippen molar-refractivity contribution >= 4 is 72.7 Å². The van der Waals surface area contributed by atoms with E-state index in [0.717, 1.165) is 41.7 Å². The number of anilines is 2. The van der Waals surface area contributed by atoms with Crippen molar-refractivity contribution in [2.24, 2.45) is 5.92 Å². The molecule has 0 bridgehead atoms. The van der Waals surface area contributed by atoms with Crippen molar-refractivity contribution in [2.75, 3.05) is 50.1 Å². The summed E-state index contributed by atoms with van der Waals surface area (Å²) in [6, 6.07) is 5.87. The lowest BCUT2D eigenvalue weighted by Crippen LogP contribution is -2.43. The van der Waals surface area contributed by atoms with Gasteiger partial charge < -0.3 is 14.4 Å². The molecule has 7 rings (SSSR count). The third-order valence-corrected chi connectivity index (χ3v) is 12.5. The number of nitrogens with zero attached hydrogens (tertiary/aromatic N) is 6. The second kappa shape index (κ2) is 15.6. The molecule has 3 saturated heterocycles. The molecule has 0 spiro atoms. The molecule has 3 atom stereocenters. The van der Waals surface area contributed by atoms with E-state index in [0.29, 0.717) is 51.1 Å². The number of nitriles is 1. The molecule has 3 aliphatic rings. The normalized spacial score (nSPS) is 21.3. The number of hydrogen-bond donors (Lipinski definition) is 1. The molecule has 12 nitrogen and oxygen atoms in total. The number of carbonyl (C=O) groups excluding carboxylic acids is 3. The summed E-state index contributed by atoms with van der Waals surface area (Å²) >= 11 is 7.75. The molecule has 5 heterocycles. The Morgan fingerprint density at radius 2 is 1.93 bits per heavy atom. The quantitative estimate of drug-likeness (QED) is 0.194. The zero-order chi connectivity index (χ0) is 41.0. The van der Waals surface area contributed by atoms with E-state index in [1.54, 1.807) is 20.8 Å². The molecule has 3 fully saturated rings. The predicted octanol–water partition coefficient (Wildman–Crippen LogP) is 8.23. The van der Waals surface area contributed by atoms with Crippen molar-refractivity contribution in [1.29, 1.82) is 5.26 Å². The van der Waals surface area contributed by atoms with Crippen molar-refractivity contribution < 1.29 is 37.0 Å². The molecule has 302 valence electrons. The number of benzene rings is 2. The summed E-state index contributed by atoms with van der Waals surface area (Å²) in [4.78, 5) is 52.3. The van der Waals surface area contributed by atoms with Gasteiger partial charge in [0, 0.05) is 62.3 Å². The van der Waals surface area contributed by atoms with Crippen molar-refractivity contribution in [3.8, 4) is 23.2 Å². The van der Waals surface area contributed by atoms with E-state index < -0.39 is 41.0 Å². The van der Waals surface area contributed by atoms with Gasteiger partial charge >= 0.3 is 12.1 Å². The van der Waals surface area contributed by atoms with Gasteiger partial charge in [0.15, 0.2) is 5.82 Å². The number of aromatic nitrogens is 2. The highest BCUT2D eigenvalue weighted by atomic mass is 35.5. The zero-order valence-corrected chi connectivity index (χ0v) is 33.9. The number of alkyl halides is 1. The minimum atomic E-state index is -0.998. The molecule has 1 unspecified atom stereocenters. The van der Waals surface area contributed by atoms with Crippen LogP contribution in [0.3, 0.4) is 0 Å². The van der Waals surface area contributed by atoms with E-state index in [1.165, 1.54) is 26.1 Å². The van der Waals surface area contributed by atoms with Crippen LogP contribution in [0.15, 0.2) is 18.2 Å². The van der Waals surface area contributed by atoms with Gasteiger partial charge in [0.25, 0.3) is 0 Å². The SMILES string of the molecule is CC(=O)N(C)C(=O)C1CCCN(c2nc(OC[C@@]34CCCN3C[C@H](F)C4)nc3c(F)c(-c4ccc(F)c5sc(NC(=O)OC(C)(C)C)c(C#N)c45)c(Cl)cc23)CC1. The van der Waals surface area contributed by atoms with Crippen LogP contribution in [-0.2, 0) is 14.3 Å². The van der Waals surface area contributed by atoms with Crippen LogP contribution in [0.2, 0.25) is 5.02 Å². The first-order chi connectivity index (χ1) is 27.0. The van der Waals surface area contributed by atoms with Crippen LogP contribution in [0.25, 0.3) is 32.1 Å². The van der Waals surface area contributed by atoms with Crippen molar-refractivity contribution in [2.45, 2.75) is 83.5 Å². The monoisotopic (exact) mass is 825 g/mol. The topological polar surface area (TPSA) is 141 Å². The van der Waals surface area contributed by atoms with Gasteiger partial charge in [-0.05, 0) is 77.1 Å². The first kappa shape index (κ1) is 40.5. The van der Waals surface area contributed by atoms with Gasteiger partial charge in [0.1, 0.15) is 46.6 Å². The summed E-state index contributed by atoms with van der Waals surface area (Å²) in [7, 11) is 1.46. The summed E-state index contributed by atoms with van der Waals surface area (Å²) in [6.45, 7) is 8.27. The molecular formula is C40H43ClF3N7O5S. The van der Waals surface area contributed by atoms with Gasteiger partial charge in [-0.2, -0.15) is 15.2 Å². The maximum atomic E-state index is 17.4. The van der Waals surface area contributed by atoms with Gasteiger partial charge in [-0.15, -0.1) is 11.3 Å². The highest BCUT2D eigenvalue weighted by Gasteiger charge is 2.49. The highest BCUT2D eigenvalue weighted by molar-refractivity contribution is 7.23. The van der Waals surface area contributed by atoms with Crippen LogP contribution < -0.4 is 15.0 Å². The Bertz CT molecular complexity index is 2330. The van der Waals surface area contributed by atoms with Crippen LogP contribution >= 0.6 is 22.9 Å². The van der Waals surface area contributed by atoms with Gasteiger partial charge in [-0.25, -0.2) is 18.0 Å². The number of thiophene rings is 1.